The topological polar surface area (TPSA) is 18.5 Å². The highest BCUT2D eigenvalue weighted by molar-refractivity contribution is 5.51. The number of fused-ring (bicyclic) bond motifs is 2. The number of allylic oxidation sites excluding steroid dienone is 3. The van der Waals surface area contributed by atoms with Gasteiger partial charge in [0.15, 0.2) is 0 Å². The van der Waals surface area contributed by atoms with Gasteiger partial charge in [0.05, 0.1) is 23.5 Å². The summed E-state index contributed by atoms with van der Waals surface area (Å²) in [5.74, 6) is -1.08. The van der Waals surface area contributed by atoms with Crippen LogP contribution in [0.15, 0.2) is 65.3 Å². The third-order valence-electron chi connectivity index (χ3n) is 7.65. The predicted molar refractivity (Wildman–Crippen MR) is 120 cm³/mol. The van der Waals surface area contributed by atoms with Crippen LogP contribution in [0.4, 0.5) is 8.78 Å². The zero-order chi connectivity index (χ0) is 21.9. The largest absolute Gasteiger partial charge is 0.381 e. The molecule has 0 spiro atoms. The van der Waals surface area contributed by atoms with Crippen LogP contribution >= 0.6 is 0 Å². The lowest BCUT2D eigenvalue weighted by Gasteiger charge is -2.50. The summed E-state index contributed by atoms with van der Waals surface area (Å²) in [6.07, 6.45) is 6.47. The molecule has 0 aromatic heterocycles. The fourth-order valence-corrected chi connectivity index (χ4v) is 6.14. The SMILES string of the molecule is C=C(NCc1ccc(F)cc1F)C1=C2CCC3C4CCC(C)N4C(=C)C(=C(CC)C1)N23. The Labute approximate surface area is 183 Å². The van der Waals surface area contributed by atoms with Crippen LogP contribution in [0.3, 0.4) is 0 Å². The van der Waals surface area contributed by atoms with Crippen LogP contribution < -0.4 is 5.32 Å². The average molecular weight is 424 g/mol. The number of rotatable bonds is 5. The van der Waals surface area contributed by atoms with Crippen LogP contribution in [0.1, 0.15) is 57.9 Å². The Hall–Kier alpha value is -2.56. The summed E-state index contributed by atoms with van der Waals surface area (Å²) in [4.78, 5) is 5.16. The highest BCUT2D eigenvalue weighted by Gasteiger charge is 2.51. The molecule has 3 nitrogen and oxygen atoms in total. The molecule has 0 bridgehead atoms. The van der Waals surface area contributed by atoms with E-state index in [4.69, 9.17) is 0 Å². The molecule has 3 atom stereocenters. The summed E-state index contributed by atoms with van der Waals surface area (Å²) in [7, 11) is 0. The number of nitrogens with one attached hydrogen (secondary N) is 1. The molecule has 3 saturated heterocycles. The molecule has 5 heteroatoms. The van der Waals surface area contributed by atoms with Crippen LogP contribution in [0.2, 0.25) is 0 Å². The smallest absolute Gasteiger partial charge is 0.131 e. The summed E-state index contributed by atoms with van der Waals surface area (Å²) in [6, 6.07) is 5.32. The fraction of sp³-hybridized carbons (Fsp3) is 0.462. The normalized spacial score (nSPS) is 27.1. The van der Waals surface area contributed by atoms with Crippen LogP contribution in [0.25, 0.3) is 0 Å². The van der Waals surface area contributed by atoms with Crippen molar-refractivity contribution in [1.82, 2.24) is 15.1 Å². The fourth-order valence-electron chi connectivity index (χ4n) is 6.14. The lowest BCUT2D eigenvalue weighted by Crippen LogP contribution is -2.53. The van der Waals surface area contributed by atoms with Gasteiger partial charge in [-0.3, -0.25) is 0 Å². The lowest BCUT2D eigenvalue weighted by molar-refractivity contribution is 0.133. The van der Waals surface area contributed by atoms with Gasteiger partial charge in [0, 0.05) is 35.6 Å². The molecule has 4 aliphatic heterocycles. The molecule has 5 rings (SSSR count). The van der Waals surface area contributed by atoms with E-state index in [9.17, 15) is 8.78 Å². The maximum atomic E-state index is 14.1. The van der Waals surface area contributed by atoms with Gasteiger partial charge < -0.3 is 15.1 Å². The predicted octanol–water partition coefficient (Wildman–Crippen LogP) is 5.73. The number of piperazine rings is 1. The lowest BCUT2D eigenvalue weighted by atomic mass is 9.89. The summed E-state index contributed by atoms with van der Waals surface area (Å²) in [5.41, 5.74) is 7.82. The van der Waals surface area contributed by atoms with Crippen molar-refractivity contribution in [2.75, 3.05) is 0 Å². The Morgan fingerprint density at radius 3 is 2.74 bits per heavy atom. The first-order valence-electron chi connectivity index (χ1n) is 11.5. The minimum Gasteiger partial charge on any atom is -0.381 e. The molecule has 1 aromatic rings. The number of halogens is 2. The molecule has 4 aliphatic rings. The van der Waals surface area contributed by atoms with E-state index in [0.717, 1.165) is 37.4 Å². The van der Waals surface area contributed by atoms with Gasteiger partial charge in [0.1, 0.15) is 11.6 Å². The van der Waals surface area contributed by atoms with E-state index >= 15 is 0 Å². The molecule has 3 unspecified atom stereocenters. The molecule has 4 heterocycles. The molecule has 0 radical (unpaired) electrons. The maximum Gasteiger partial charge on any atom is 0.131 e. The van der Waals surface area contributed by atoms with Gasteiger partial charge >= 0.3 is 0 Å². The van der Waals surface area contributed by atoms with Gasteiger partial charge in [-0.05, 0) is 62.7 Å². The van der Waals surface area contributed by atoms with Gasteiger partial charge in [-0.25, -0.2) is 8.78 Å². The number of hydrogen-bond donors (Lipinski definition) is 1. The molecule has 0 amide bonds. The van der Waals surface area contributed by atoms with E-state index in [1.165, 1.54) is 53.2 Å². The zero-order valence-electron chi connectivity index (χ0n) is 18.5. The molecule has 0 saturated carbocycles. The second-order valence-corrected chi connectivity index (χ2v) is 9.30. The summed E-state index contributed by atoms with van der Waals surface area (Å²) in [6.45, 7) is 13.7. The summed E-state index contributed by atoms with van der Waals surface area (Å²) >= 11 is 0. The van der Waals surface area contributed by atoms with Crippen molar-refractivity contribution in [3.05, 3.63) is 82.5 Å². The molecular weight excluding hydrogens is 392 g/mol. The van der Waals surface area contributed by atoms with Gasteiger partial charge in [0.2, 0.25) is 0 Å². The Balaban J connectivity index is 1.44. The van der Waals surface area contributed by atoms with Crippen molar-refractivity contribution < 1.29 is 8.78 Å². The maximum absolute atomic E-state index is 14.1. The second kappa shape index (κ2) is 7.54. The van der Waals surface area contributed by atoms with Gasteiger partial charge in [-0.15, -0.1) is 0 Å². The van der Waals surface area contributed by atoms with Crippen molar-refractivity contribution in [1.29, 1.82) is 0 Å². The number of benzene rings is 1. The molecule has 164 valence electrons. The summed E-state index contributed by atoms with van der Waals surface area (Å²) in [5, 5.41) is 3.32. The van der Waals surface area contributed by atoms with Crippen LogP contribution in [-0.2, 0) is 6.54 Å². The minimum atomic E-state index is -0.555. The van der Waals surface area contributed by atoms with Crippen molar-refractivity contribution in [2.24, 2.45) is 0 Å². The van der Waals surface area contributed by atoms with Gasteiger partial charge in [0.25, 0.3) is 0 Å². The zero-order valence-corrected chi connectivity index (χ0v) is 18.5. The highest BCUT2D eigenvalue weighted by atomic mass is 19.1. The molecular formula is C26H31F2N3. The Bertz CT molecular complexity index is 1020. The van der Waals surface area contributed by atoms with Crippen LogP contribution in [0, 0.1) is 11.6 Å². The Kier molecular flexibility index (Phi) is 4.95. The van der Waals surface area contributed by atoms with Crippen LogP contribution in [0.5, 0.6) is 0 Å². The number of hydrogen-bond acceptors (Lipinski definition) is 3. The first kappa shape index (κ1) is 20.3. The molecule has 1 N–H and O–H groups in total. The standard InChI is InChI=1S/C26H31F2N3/c1-5-18-12-21(16(3)29-14-19-7-8-20(27)13-22(19)28)23-10-11-25-24-9-6-15(2)30(24)17(4)26(18)31(23)25/h7-8,13,15,24-25,29H,3-6,9-12,14H2,1-2H3. The third-order valence-corrected chi connectivity index (χ3v) is 7.65. The Morgan fingerprint density at radius 1 is 1.19 bits per heavy atom. The van der Waals surface area contributed by atoms with Gasteiger partial charge in [-0.2, -0.15) is 0 Å². The third kappa shape index (κ3) is 3.12. The van der Waals surface area contributed by atoms with Crippen LogP contribution in [-0.4, -0.2) is 27.9 Å². The van der Waals surface area contributed by atoms with E-state index < -0.39 is 11.6 Å². The quantitative estimate of drug-likeness (QED) is 0.652. The minimum absolute atomic E-state index is 0.295. The second-order valence-electron chi connectivity index (χ2n) is 9.30. The molecule has 0 aliphatic carbocycles. The van der Waals surface area contributed by atoms with Crippen molar-refractivity contribution in [3.8, 4) is 0 Å². The monoisotopic (exact) mass is 423 g/mol. The van der Waals surface area contributed by atoms with E-state index in [0.29, 0.717) is 30.2 Å². The van der Waals surface area contributed by atoms with E-state index in [1.807, 2.05) is 0 Å². The molecule has 31 heavy (non-hydrogen) atoms. The molecule has 3 fully saturated rings. The Morgan fingerprint density at radius 2 is 2.00 bits per heavy atom. The van der Waals surface area contributed by atoms with E-state index in [2.05, 4.69) is 42.1 Å². The summed E-state index contributed by atoms with van der Waals surface area (Å²) < 4.78 is 27.3. The first-order valence-corrected chi connectivity index (χ1v) is 11.5. The van der Waals surface area contributed by atoms with E-state index in [-0.39, 0.29) is 0 Å². The molecule has 1 aromatic carbocycles. The van der Waals surface area contributed by atoms with Crippen molar-refractivity contribution in [3.63, 3.8) is 0 Å². The first-order chi connectivity index (χ1) is 14.9. The number of nitrogens with zero attached hydrogens (tertiary/aromatic N) is 2. The van der Waals surface area contributed by atoms with Gasteiger partial charge in [-0.1, -0.05) is 26.1 Å². The highest BCUT2D eigenvalue weighted by Crippen LogP contribution is 2.52. The van der Waals surface area contributed by atoms with Crippen molar-refractivity contribution >= 4 is 0 Å². The average Bonchev–Trinajstić information content (AvgIpc) is 3.35. The van der Waals surface area contributed by atoms with E-state index in [1.54, 1.807) is 0 Å². The van der Waals surface area contributed by atoms with Crippen molar-refractivity contribution in [2.45, 2.75) is 77.0 Å².